The Labute approximate surface area is 75.9 Å². The Morgan fingerprint density at radius 1 is 1.17 bits per heavy atom. The zero-order valence-electron chi connectivity index (χ0n) is 8.63. The van der Waals surface area contributed by atoms with E-state index in [2.05, 4.69) is 33.8 Å². The molecule has 2 atom stereocenters. The molecule has 70 valence electrons. The summed E-state index contributed by atoms with van der Waals surface area (Å²) in [4.78, 5) is 10.2. The summed E-state index contributed by atoms with van der Waals surface area (Å²) in [6.45, 7) is 8.56. The number of aldehydes is 1. The van der Waals surface area contributed by atoms with E-state index in [9.17, 15) is 4.79 Å². The van der Waals surface area contributed by atoms with Crippen LogP contribution in [0.4, 0.5) is 0 Å². The van der Waals surface area contributed by atoms with Gasteiger partial charge in [0.1, 0.15) is 6.29 Å². The van der Waals surface area contributed by atoms with Crippen LogP contribution in [0.1, 0.15) is 40.5 Å². The minimum absolute atomic E-state index is 0.512. The van der Waals surface area contributed by atoms with Gasteiger partial charge in [-0.2, -0.15) is 0 Å². The summed E-state index contributed by atoms with van der Waals surface area (Å²) in [7, 11) is 0. The zero-order valence-corrected chi connectivity index (χ0v) is 8.63. The van der Waals surface area contributed by atoms with Crippen LogP contribution < -0.4 is 0 Å². The second kappa shape index (κ2) is 5.99. The highest BCUT2D eigenvalue weighted by molar-refractivity contribution is 5.49. The van der Waals surface area contributed by atoms with Crippen molar-refractivity contribution in [3.63, 3.8) is 0 Å². The van der Waals surface area contributed by atoms with Gasteiger partial charge < -0.3 is 4.79 Å². The van der Waals surface area contributed by atoms with E-state index in [0.717, 1.165) is 12.7 Å². The summed E-state index contributed by atoms with van der Waals surface area (Å²) < 4.78 is 0. The molecule has 0 saturated carbocycles. The maximum absolute atomic E-state index is 10.2. The van der Waals surface area contributed by atoms with Crippen LogP contribution in [0.2, 0.25) is 0 Å². The predicted molar refractivity (Wildman–Crippen MR) is 53.1 cm³/mol. The van der Waals surface area contributed by atoms with E-state index < -0.39 is 0 Å². The number of carbonyl (C=O) groups excluding carboxylic acids is 1. The molecule has 0 rings (SSSR count). The van der Waals surface area contributed by atoms with Gasteiger partial charge in [-0.05, 0) is 32.1 Å². The van der Waals surface area contributed by atoms with Crippen molar-refractivity contribution < 1.29 is 4.79 Å². The predicted octanol–water partition coefficient (Wildman–Crippen LogP) is 3.20. The fourth-order valence-corrected chi connectivity index (χ4v) is 1.04. The molecule has 1 unspecified atom stereocenters. The highest BCUT2D eigenvalue weighted by Gasteiger charge is 2.09. The summed E-state index contributed by atoms with van der Waals surface area (Å²) in [6.07, 6.45) is 5.05. The molecule has 0 aromatic carbocycles. The number of hydrogen-bond acceptors (Lipinski definition) is 1. The molecule has 1 nitrogen and oxygen atoms in total. The highest BCUT2D eigenvalue weighted by Crippen LogP contribution is 2.18. The fraction of sp³-hybridized carbons (Fsp3) is 0.727. The molecule has 0 heterocycles. The Balaban J connectivity index is 3.78. The average Bonchev–Trinajstić information content (AvgIpc) is 2.00. The lowest BCUT2D eigenvalue weighted by Gasteiger charge is -2.15. The number of allylic oxidation sites excluding steroid dienone is 2. The van der Waals surface area contributed by atoms with Gasteiger partial charge in [0, 0.05) is 6.42 Å². The number of hydrogen-bond donors (Lipinski definition) is 0. The topological polar surface area (TPSA) is 17.1 Å². The van der Waals surface area contributed by atoms with Crippen molar-refractivity contribution in [3.8, 4) is 0 Å². The fourth-order valence-electron chi connectivity index (χ4n) is 1.04. The second-order valence-corrected chi connectivity index (χ2v) is 3.87. The maximum atomic E-state index is 10.2. The van der Waals surface area contributed by atoms with E-state index >= 15 is 0 Å². The molecule has 1 heteroatoms. The summed E-state index contributed by atoms with van der Waals surface area (Å²) >= 11 is 0. The summed E-state index contributed by atoms with van der Waals surface area (Å²) in [6, 6.07) is 0. The second-order valence-electron chi connectivity index (χ2n) is 3.87. The third-order valence-electron chi connectivity index (χ3n) is 2.34. The van der Waals surface area contributed by atoms with Gasteiger partial charge in [0.25, 0.3) is 0 Å². The molecule has 0 bridgehead atoms. The standard InChI is InChI=1S/C11H20O/c1-9(2)5-6-10(3)11(4)7-8-12/h5,8,10-11H,6-7H2,1-4H3/t10-,11?/m0/s1. The molecule has 0 aromatic heterocycles. The van der Waals surface area contributed by atoms with Crippen molar-refractivity contribution in [2.75, 3.05) is 0 Å². The quantitative estimate of drug-likeness (QED) is 0.455. The number of carbonyl (C=O) groups is 1. The third-order valence-corrected chi connectivity index (χ3v) is 2.34. The van der Waals surface area contributed by atoms with Gasteiger partial charge in [-0.3, -0.25) is 0 Å². The van der Waals surface area contributed by atoms with Crippen molar-refractivity contribution in [2.24, 2.45) is 11.8 Å². The van der Waals surface area contributed by atoms with Crippen molar-refractivity contribution >= 4 is 6.29 Å². The smallest absolute Gasteiger partial charge is 0.120 e. The molecule has 12 heavy (non-hydrogen) atoms. The molecule has 0 aliphatic rings. The first-order valence-electron chi connectivity index (χ1n) is 4.65. The van der Waals surface area contributed by atoms with Crippen LogP contribution in [0.15, 0.2) is 11.6 Å². The molecule has 0 aliphatic carbocycles. The van der Waals surface area contributed by atoms with Gasteiger partial charge in [-0.15, -0.1) is 0 Å². The molecule has 0 N–H and O–H groups in total. The lowest BCUT2D eigenvalue weighted by molar-refractivity contribution is -0.108. The molecule has 0 fully saturated rings. The number of rotatable bonds is 5. The minimum Gasteiger partial charge on any atom is -0.303 e. The van der Waals surface area contributed by atoms with Crippen molar-refractivity contribution in [3.05, 3.63) is 11.6 Å². The molecular weight excluding hydrogens is 148 g/mol. The molecule has 0 aromatic rings. The van der Waals surface area contributed by atoms with E-state index in [-0.39, 0.29) is 0 Å². The van der Waals surface area contributed by atoms with Crippen molar-refractivity contribution in [1.82, 2.24) is 0 Å². The van der Waals surface area contributed by atoms with E-state index in [4.69, 9.17) is 0 Å². The van der Waals surface area contributed by atoms with Gasteiger partial charge in [0.05, 0.1) is 0 Å². The summed E-state index contributed by atoms with van der Waals surface area (Å²) in [5.74, 6) is 1.13. The van der Waals surface area contributed by atoms with Crippen LogP contribution in [0.3, 0.4) is 0 Å². The monoisotopic (exact) mass is 168 g/mol. The SMILES string of the molecule is CC(C)=CC[C@H](C)C(C)CC=O. The van der Waals surface area contributed by atoms with Gasteiger partial charge in [0.2, 0.25) is 0 Å². The first-order chi connectivity index (χ1) is 5.57. The van der Waals surface area contributed by atoms with E-state index in [0.29, 0.717) is 18.3 Å². The Bertz CT molecular complexity index is 154. The normalized spacial score (nSPS) is 15.0. The van der Waals surface area contributed by atoms with Gasteiger partial charge in [-0.1, -0.05) is 25.5 Å². The third kappa shape index (κ3) is 5.11. The van der Waals surface area contributed by atoms with Crippen LogP contribution in [-0.4, -0.2) is 6.29 Å². The Hall–Kier alpha value is -0.590. The molecule has 0 radical (unpaired) electrons. The molecule has 0 aliphatic heterocycles. The lowest BCUT2D eigenvalue weighted by atomic mass is 9.90. The van der Waals surface area contributed by atoms with Crippen molar-refractivity contribution in [2.45, 2.75) is 40.5 Å². The Morgan fingerprint density at radius 3 is 2.08 bits per heavy atom. The van der Waals surface area contributed by atoms with E-state index in [1.165, 1.54) is 5.57 Å². The average molecular weight is 168 g/mol. The lowest BCUT2D eigenvalue weighted by Crippen LogP contribution is -2.07. The Morgan fingerprint density at radius 2 is 1.67 bits per heavy atom. The van der Waals surface area contributed by atoms with Crippen LogP contribution in [0.25, 0.3) is 0 Å². The molecule has 0 spiro atoms. The van der Waals surface area contributed by atoms with Gasteiger partial charge in [-0.25, -0.2) is 0 Å². The van der Waals surface area contributed by atoms with Gasteiger partial charge in [0.15, 0.2) is 0 Å². The maximum Gasteiger partial charge on any atom is 0.120 e. The van der Waals surface area contributed by atoms with E-state index in [1.54, 1.807) is 0 Å². The summed E-state index contributed by atoms with van der Waals surface area (Å²) in [5, 5.41) is 0. The minimum atomic E-state index is 0.512. The largest absolute Gasteiger partial charge is 0.303 e. The van der Waals surface area contributed by atoms with Crippen molar-refractivity contribution in [1.29, 1.82) is 0 Å². The zero-order chi connectivity index (χ0) is 9.56. The molecular formula is C11H20O. The molecule has 0 saturated heterocycles. The van der Waals surface area contributed by atoms with E-state index in [1.807, 2.05) is 0 Å². The Kier molecular flexibility index (Phi) is 5.69. The van der Waals surface area contributed by atoms with Crippen LogP contribution in [0, 0.1) is 11.8 Å². The molecule has 0 amide bonds. The highest BCUT2D eigenvalue weighted by atomic mass is 16.1. The van der Waals surface area contributed by atoms with Crippen LogP contribution in [-0.2, 0) is 4.79 Å². The van der Waals surface area contributed by atoms with Crippen LogP contribution >= 0.6 is 0 Å². The summed E-state index contributed by atoms with van der Waals surface area (Å²) in [5.41, 5.74) is 1.36. The first-order valence-corrected chi connectivity index (χ1v) is 4.65. The van der Waals surface area contributed by atoms with Crippen LogP contribution in [0.5, 0.6) is 0 Å². The van der Waals surface area contributed by atoms with Gasteiger partial charge >= 0.3 is 0 Å². The first kappa shape index (κ1) is 11.4.